The van der Waals surface area contributed by atoms with Gasteiger partial charge in [-0.15, -0.1) is 0 Å². The molecule has 1 aromatic carbocycles. The van der Waals surface area contributed by atoms with Gasteiger partial charge in [0.2, 0.25) is 10.0 Å². The molecule has 0 spiro atoms. The Kier molecular flexibility index (Phi) is 6.65. The number of ether oxygens (including phenoxy) is 1. The lowest BCUT2D eigenvalue weighted by molar-refractivity contribution is -0.148. The molecule has 0 bridgehead atoms. The molecule has 0 fully saturated rings. The molecule has 0 atom stereocenters. The van der Waals surface area contributed by atoms with Crippen molar-refractivity contribution in [3.05, 3.63) is 39.9 Å². The highest BCUT2D eigenvalue weighted by molar-refractivity contribution is 7.89. The second kappa shape index (κ2) is 7.66. The van der Waals surface area contributed by atoms with Crippen molar-refractivity contribution in [2.24, 2.45) is 0 Å². The standard InChI is InChI=1S/C15H19Cl2NO4S/c1-10-11(16)7-8-12(14(10)17)23(20,21)18-9-5-6-13(19)22-15(2,3)4/h5-8,18H,9H2,1-4H3. The van der Waals surface area contributed by atoms with E-state index < -0.39 is 21.6 Å². The normalized spacial score (nSPS) is 12.6. The van der Waals surface area contributed by atoms with E-state index in [2.05, 4.69) is 4.72 Å². The zero-order chi connectivity index (χ0) is 17.8. The fourth-order valence-electron chi connectivity index (χ4n) is 1.57. The molecule has 128 valence electrons. The van der Waals surface area contributed by atoms with Gasteiger partial charge in [0.25, 0.3) is 0 Å². The van der Waals surface area contributed by atoms with Crippen molar-refractivity contribution in [3.63, 3.8) is 0 Å². The number of esters is 1. The van der Waals surface area contributed by atoms with Gasteiger partial charge in [-0.25, -0.2) is 17.9 Å². The van der Waals surface area contributed by atoms with Crippen molar-refractivity contribution in [1.29, 1.82) is 0 Å². The number of halogens is 2. The predicted octanol–water partition coefficient (Wildman–Crippen LogP) is 3.48. The minimum absolute atomic E-state index is 0.0632. The number of hydrogen-bond donors (Lipinski definition) is 1. The quantitative estimate of drug-likeness (QED) is 0.627. The van der Waals surface area contributed by atoms with E-state index in [9.17, 15) is 13.2 Å². The van der Waals surface area contributed by atoms with Crippen LogP contribution in [0, 0.1) is 6.92 Å². The fourth-order valence-corrected chi connectivity index (χ4v) is 3.35. The molecule has 1 N–H and O–H groups in total. The van der Waals surface area contributed by atoms with E-state index in [0.29, 0.717) is 10.6 Å². The van der Waals surface area contributed by atoms with Gasteiger partial charge in [-0.1, -0.05) is 29.3 Å². The first-order chi connectivity index (χ1) is 10.4. The zero-order valence-electron chi connectivity index (χ0n) is 13.3. The fraction of sp³-hybridized carbons (Fsp3) is 0.400. The summed E-state index contributed by atoms with van der Waals surface area (Å²) >= 11 is 11.9. The Balaban J connectivity index is 2.75. The van der Waals surface area contributed by atoms with E-state index in [4.69, 9.17) is 27.9 Å². The molecular weight excluding hydrogens is 361 g/mol. The highest BCUT2D eigenvalue weighted by Gasteiger charge is 2.19. The zero-order valence-corrected chi connectivity index (χ0v) is 15.6. The molecule has 0 aliphatic heterocycles. The molecule has 0 radical (unpaired) electrons. The largest absolute Gasteiger partial charge is 0.457 e. The van der Waals surface area contributed by atoms with E-state index in [0.717, 1.165) is 0 Å². The van der Waals surface area contributed by atoms with Crippen molar-refractivity contribution in [3.8, 4) is 0 Å². The highest BCUT2D eigenvalue weighted by atomic mass is 35.5. The molecule has 0 aromatic heterocycles. The van der Waals surface area contributed by atoms with Crippen LogP contribution in [0.3, 0.4) is 0 Å². The molecule has 0 saturated carbocycles. The summed E-state index contributed by atoms with van der Waals surface area (Å²) in [6, 6.07) is 2.80. The molecule has 5 nitrogen and oxygen atoms in total. The first-order valence-electron chi connectivity index (χ1n) is 6.78. The van der Waals surface area contributed by atoms with Gasteiger partial charge in [0.05, 0.1) is 5.02 Å². The van der Waals surface area contributed by atoms with Gasteiger partial charge in [-0.3, -0.25) is 0 Å². The van der Waals surface area contributed by atoms with E-state index in [-0.39, 0.29) is 16.5 Å². The second-order valence-electron chi connectivity index (χ2n) is 5.77. The monoisotopic (exact) mass is 379 g/mol. The van der Waals surface area contributed by atoms with Crippen LogP contribution in [0.5, 0.6) is 0 Å². The van der Waals surface area contributed by atoms with Crippen molar-refractivity contribution < 1.29 is 17.9 Å². The van der Waals surface area contributed by atoms with Crippen LogP contribution in [-0.2, 0) is 19.6 Å². The molecule has 0 unspecified atom stereocenters. The molecule has 8 heteroatoms. The third-order valence-electron chi connectivity index (χ3n) is 2.63. The van der Waals surface area contributed by atoms with Crippen LogP contribution in [0.4, 0.5) is 0 Å². The molecule has 0 aliphatic carbocycles. The summed E-state index contributed by atoms with van der Waals surface area (Å²) in [6.45, 7) is 6.79. The number of hydrogen-bond acceptors (Lipinski definition) is 4. The number of sulfonamides is 1. The molecule has 1 rings (SSSR count). The van der Waals surface area contributed by atoms with Crippen molar-refractivity contribution >= 4 is 39.2 Å². The SMILES string of the molecule is Cc1c(Cl)ccc(S(=O)(=O)NCC=CC(=O)OC(C)(C)C)c1Cl. The van der Waals surface area contributed by atoms with Gasteiger partial charge in [-0.05, 0) is 45.4 Å². The lowest BCUT2D eigenvalue weighted by Gasteiger charge is -2.17. The molecule has 0 saturated heterocycles. The van der Waals surface area contributed by atoms with Gasteiger partial charge < -0.3 is 4.74 Å². The molecular formula is C15H19Cl2NO4S. The predicted molar refractivity (Wildman–Crippen MR) is 91.4 cm³/mol. The topological polar surface area (TPSA) is 72.5 Å². The Hall–Kier alpha value is -1.08. The minimum atomic E-state index is -3.81. The third kappa shape index (κ3) is 6.14. The summed E-state index contributed by atoms with van der Waals surface area (Å²) in [6.07, 6.45) is 2.53. The van der Waals surface area contributed by atoms with Gasteiger partial charge in [0.15, 0.2) is 0 Å². The average Bonchev–Trinajstić information content (AvgIpc) is 2.39. The summed E-state index contributed by atoms with van der Waals surface area (Å²) in [5.74, 6) is -0.544. The minimum Gasteiger partial charge on any atom is -0.457 e. The van der Waals surface area contributed by atoms with Gasteiger partial charge in [-0.2, -0.15) is 0 Å². The summed E-state index contributed by atoms with van der Waals surface area (Å²) in [4.78, 5) is 11.4. The van der Waals surface area contributed by atoms with Crippen LogP contribution < -0.4 is 4.72 Å². The summed E-state index contributed by atoms with van der Waals surface area (Å²) < 4.78 is 31.8. The highest BCUT2D eigenvalue weighted by Crippen LogP contribution is 2.29. The van der Waals surface area contributed by atoms with Crippen LogP contribution in [0.15, 0.2) is 29.2 Å². The number of rotatable bonds is 5. The average molecular weight is 380 g/mol. The molecule has 0 heterocycles. The molecule has 0 aliphatic rings. The number of carbonyl (C=O) groups excluding carboxylic acids is 1. The Morgan fingerprint density at radius 3 is 2.48 bits per heavy atom. The van der Waals surface area contributed by atoms with Crippen molar-refractivity contribution in [2.75, 3.05) is 6.54 Å². The lowest BCUT2D eigenvalue weighted by atomic mass is 10.2. The summed E-state index contributed by atoms with van der Waals surface area (Å²) in [7, 11) is -3.81. The summed E-state index contributed by atoms with van der Waals surface area (Å²) in [5.41, 5.74) is -0.115. The van der Waals surface area contributed by atoms with Gasteiger partial charge in [0, 0.05) is 17.6 Å². The van der Waals surface area contributed by atoms with Crippen LogP contribution in [0.1, 0.15) is 26.3 Å². The van der Waals surface area contributed by atoms with Crippen molar-refractivity contribution in [1.82, 2.24) is 4.72 Å². The van der Waals surface area contributed by atoms with Crippen LogP contribution in [-0.4, -0.2) is 26.5 Å². The maximum atomic E-state index is 12.2. The second-order valence-corrected chi connectivity index (χ2v) is 8.29. The van der Waals surface area contributed by atoms with Crippen LogP contribution in [0.25, 0.3) is 0 Å². The molecule has 1 aromatic rings. The Bertz CT molecular complexity index is 722. The van der Waals surface area contributed by atoms with E-state index in [1.54, 1.807) is 27.7 Å². The summed E-state index contributed by atoms with van der Waals surface area (Å²) in [5, 5.41) is 0.458. The Labute approximate surface area is 146 Å². The lowest BCUT2D eigenvalue weighted by Crippen LogP contribution is -2.25. The van der Waals surface area contributed by atoms with Crippen LogP contribution in [0.2, 0.25) is 10.0 Å². The van der Waals surface area contributed by atoms with Crippen molar-refractivity contribution in [2.45, 2.75) is 38.2 Å². The Morgan fingerprint density at radius 2 is 1.91 bits per heavy atom. The maximum Gasteiger partial charge on any atom is 0.330 e. The maximum absolute atomic E-state index is 12.2. The van der Waals surface area contributed by atoms with Crippen LogP contribution >= 0.6 is 23.2 Å². The Morgan fingerprint density at radius 1 is 1.30 bits per heavy atom. The third-order valence-corrected chi connectivity index (χ3v) is 5.10. The van der Waals surface area contributed by atoms with Gasteiger partial charge >= 0.3 is 5.97 Å². The number of carbonyl (C=O) groups is 1. The number of benzene rings is 1. The molecule has 0 amide bonds. The number of nitrogens with one attached hydrogen (secondary N) is 1. The first kappa shape index (κ1) is 20.0. The molecule has 23 heavy (non-hydrogen) atoms. The van der Waals surface area contributed by atoms with E-state index >= 15 is 0 Å². The smallest absolute Gasteiger partial charge is 0.330 e. The van der Waals surface area contributed by atoms with E-state index in [1.807, 2.05) is 0 Å². The first-order valence-corrected chi connectivity index (χ1v) is 9.02. The van der Waals surface area contributed by atoms with Gasteiger partial charge in [0.1, 0.15) is 10.5 Å². The van der Waals surface area contributed by atoms with E-state index in [1.165, 1.54) is 24.3 Å².